The normalized spacial score (nSPS) is 13.0. The topological polar surface area (TPSA) is 102 Å². The summed E-state index contributed by atoms with van der Waals surface area (Å²) in [6.45, 7) is 0.108. The van der Waals surface area contributed by atoms with Gasteiger partial charge in [-0.2, -0.15) is 0 Å². The first kappa shape index (κ1) is 23.8. The number of carbonyl (C=O) groups is 3. The molecule has 0 bridgehead atoms. The number of carbonyl (C=O) groups excluding carboxylic acids is 3. The van der Waals surface area contributed by atoms with Crippen molar-refractivity contribution in [2.75, 3.05) is 6.61 Å². The predicted octanol–water partition coefficient (Wildman–Crippen LogP) is 4.18. The van der Waals surface area contributed by atoms with Crippen LogP contribution >= 0.6 is 11.8 Å². The van der Waals surface area contributed by atoms with Crippen molar-refractivity contribution in [1.82, 2.24) is 5.32 Å². The van der Waals surface area contributed by atoms with Crippen LogP contribution in [0.5, 0.6) is 17.2 Å². The lowest BCUT2D eigenvalue weighted by Crippen LogP contribution is -2.33. The van der Waals surface area contributed by atoms with Crippen LogP contribution in [0, 0.1) is 0 Å². The molecule has 0 aliphatic heterocycles. The van der Waals surface area contributed by atoms with E-state index in [1.165, 1.54) is 18.2 Å². The minimum Gasteiger partial charge on any atom is -0.508 e. The summed E-state index contributed by atoms with van der Waals surface area (Å²) in [4.78, 5) is 38.0. The van der Waals surface area contributed by atoms with Gasteiger partial charge in [0.1, 0.15) is 23.9 Å². The van der Waals surface area contributed by atoms with Gasteiger partial charge in [-0.15, -0.1) is 0 Å². The first-order valence-electron chi connectivity index (χ1n) is 10.6. The summed E-state index contributed by atoms with van der Waals surface area (Å²) in [7, 11) is 0. The Balaban J connectivity index is 1.25. The third-order valence-electron chi connectivity index (χ3n) is 4.83. The van der Waals surface area contributed by atoms with Crippen LogP contribution in [0.4, 0.5) is 0 Å². The van der Waals surface area contributed by atoms with Gasteiger partial charge in [0.25, 0.3) is 5.91 Å². The summed E-state index contributed by atoms with van der Waals surface area (Å²) in [5.41, 5.74) is 0.943. The fourth-order valence-electron chi connectivity index (χ4n) is 3.07. The lowest BCUT2D eigenvalue weighted by Gasteiger charge is -2.13. The number of hydrogen-bond donors (Lipinski definition) is 2. The molecule has 0 unspecified atom stereocenters. The number of rotatable bonds is 9. The second-order valence-corrected chi connectivity index (χ2v) is 8.59. The maximum absolute atomic E-state index is 12.4. The number of amides is 1. The first-order chi connectivity index (χ1) is 17.0. The van der Waals surface area contributed by atoms with Gasteiger partial charge >= 0.3 is 0 Å². The van der Waals surface area contributed by atoms with Gasteiger partial charge in [0.05, 0.1) is 10.6 Å². The number of nitrogens with one attached hydrogen (secondary N) is 1. The number of phenolic OH excluding ortho intramolecular Hbond substituents is 1. The van der Waals surface area contributed by atoms with E-state index in [1.807, 2.05) is 30.3 Å². The number of ether oxygens (including phenoxy) is 2. The molecule has 0 radical (unpaired) electrons. The van der Waals surface area contributed by atoms with Gasteiger partial charge < -0.3 is 19.9 Å². The number of aromatic hydroxyl groups is 1. The SMILES string of the molecule is O=C(COc1ccc(OCc2ccccc2)cc1)NC1=CC(=O)C(Sc2ccc(O)cc2)=CC1=O. The van der Waals surface area contributed by atoms with Gasteiger partial charge in [-0.3, -0.25) is 14.4 Å². The zero-order valence-electron chi connectivity index (χ0n) is 18.5. The van der Waals surface area contributed by atoms with Crippen LogP contribution in [0.3, 0.4) is 0 Å². The highest BCUT2D eigenvalue weighted by Gasteiger charge is 2.22. The maximum atomic E-state index is 12.4. The number of allylic oxidation sites excluding steroid dienone is 3. The van der Waals surface area contributed by atoms with Crippen molar-refractivity contribution >= 4 is 29.2 Å². The van der Waals surface area contributed by atoms with E-state index < -0.39 is 17.5 Å². The van der Waals surface area contributed by atoms with Crippen LogP contribution in [0.25, 0.3) is 0 Å². The van der Waals surface area contributed by atoms with Gasteiger partial charge in [0.15, 0.2) is 12.4 Å². The molecule has 0 saturated carbocycles. The van der Waals surface area contributed by atoms with Crippen LogP contribution in [0.2, 0.25) is 0 Å². The zero-order chi connectivity index (χ0) is 24.6. The molecule has 0 spiro atoms. The number of ketones is 2. The fourth-order valence-corrected chi connectivity index (χ4v) is 3.92. The quantitative estimate of drug-likeness (QED) is 0.437. The molecule has 0 aromatic heterocycles. The van der Waals surface area contributed by atoms with Gasteiger partial charge in [-0.05, 0) is 54.1 Å². The van der Waals surface area contributed by atoms with E-state index in [1.54, 1.807) is 36.4 Å². The first-order valence-corrected chi connectivity index (χ1v) is 11.5. The number of phenols is 1. The molecule has 1 aliphatic rings. The van der Waals surface area contributed by atoms with Crippen molar-refractivity contribution in [3.8, 4) is 17.2 Å². The summed E-state index contributed by atoms with van der Waals surface area (Å²) < 4.78 is 11.2. The molecular weight excluding hydrogens is 466 g/mol. The summed E-state index contributed by atoms with van der Waals surface area (Å²) in [5.74, 6) is -0.225. The van der Waals surface area contributed by atoms with Crippen molar-refractivity contribution in [2.45, 2.75) is 11.5 Å². The second kappa shape index (κ2) is 11.2. The predicted molar refractivity (Wildman–Crippen MR) is 131 cm³/mol. The Labute approximate surface area is 206 Å². The Hall–Kier alpha value is -4.30. The minimum atomic E-state index is -0.565. The highest BCUT2D eigenvalue weighted by molar-refractivity contribution is 8.04. The molecule has 8 heteroatoms. The lowest BCUT2D eigenvalue weighted by atomic mass is 10.1. The van der Waals surface area contributed by atoms with Crippen LogP contribution in [-0.4, -0.2) is 29.2 Å². The molecule has 3 aromatic carbocycles. The summed E-state index contributed by atoms with van der Waals surface area (Å²) in [5, 5.41) is 11.8. The van der Waals surface area contributed by atoms with E-state index in [4.69, 9.17) is 9.47 Å². The van der Waals surface area contributed by atoms with Crippen molar-refractivity contribution in [3.63, 3.8) is 0 Å². The molecule has 1 amide bonds. The van der Waals surface area contributed by atoms with Crippen LogP contribution < -0.4 is 14.8 Å². The van der Waals surface area contributed by atoms with Crippen LogP contribution in [-0.2, 0) is 21.0 Å². The van der Waals surface area contributed by atoms with Crippen molar-refractivity contribution in [1.29, 1.82) is 0 Å². The standard InChI is InChI=1S/C27H21NO6S/c29-19-6-12-22(13-7-19)35-26-15-24(30)23(14-25(26)31)28-27(32)17-34-21-10-8-20(9-11-21)33-16-18-4-2-1-3-5-18/h1-15,29H,16-17H2,(H,28,32). The molecule has 7 nitrogen and oxygen atoms in total. The average Bonchev–Trinajstić information content (AvgIpc) is 2.87. The molecule has 1 aliphatic carbocycles. The van der Waals surface area contributed by atoms with Crippen molar-refractivity contribution in [3.05, 3.63) is 107 Å². The molecule has 35 heavy (non-hydrogen) atoms. The van der Waals surface area contributed by atoms with Crippen molar-refractivity contribution < 1.29 is 29.0 Å². The van der Waals surface area contributed by atoms with E-state index in [-0.39, 0.29) is 23.0 Å². The molecule has 176 valence electrons. The molecule has 0 fully saturated rings. The molecule has 0 heterocycles. The molecular formula is C27H21NO6S. The van der Waals surface area contributed by atoms with Gasteiger partial charge in [-0.1, -0.05) is 42.1 Å². The smallest absolute Gasteiger partial charge is 0.262 e. The highest BCUT2D eigenvalue weighted by atomic mass is 32.2. The summed E-state index contributed by atoms with van der Waals surface area (Å²) >= 11 is 1.10. The number of thioether (sulfide) groups is 1. The molecule has 2 N–H and O–H groups in total. The largest absolute Gasteiger partial charge is 0.508 e. The Kier molecular flexibility index (Phi) is 7.64. The van der Waals surface area contributed by atoms with Crippen LogP contribution in [0.1, 0.15) is 5.56 Å². The lowest BCUT2D eigenvalue weighted by molar-refractivity contribution is -0.124. The highest BCUT2D eigenvalue weighted by Crippen LogP contribution is 2.30. The Morgan fingerprint density at radius 3 is 2.14 bits per heavy atom. The Bertz CT molecular complexity index is 1280. The molecule has 0 saturated heterocycles. The third kappa shape index (κ3) is 6.84. The molecule has 4 rings (SSSR count). The van der Waals surface area contributed by atoms with E-state index in [9.17, 15) is 19.5 Å². The Morgan fingerprint density at radius 1 is 0.800 bits per heavy atom. The number of benzene rings is 3. The second-order valence-electron chi connectivity index (χ2n) is 7.47. The zero-order valence-corrected chi connectivity index (χ0v) is 19.3. The van der Waals surface area contributed by atoms with Gasteiger partial charge in [0, 0.05) is 17.0 Å². The number of hydrogen-bond acceptors (Lipinski definition) is 7. The summed E-state index contributed by atoms with van der Waals surface area (Å²) in [6, 6.07) is 22.9. The van der Waals surface area contributed by atoms with Gasteiger partial charge in [-0.25, -0.2) is 0 Å². The summed E-state index contributed by atoms with van der Waals surface area (Å²) in [6.07, 6.45) is 2.28. The monoisotopic (exact) mass is 487 g/mol. The molecule has 0 atom stereocenters. The molecule has 3 aromatic rings. The van der Waals surface area contributed by atoms with E-state index in [2.05, 4.69) is 5.32 Å². The Morgan fingerprint density at radius 2 is 1.46 bits per heavy atom. The third-order valence-corrected chi connectivity index (χ3v) is 5.87. The van der Waals surface area contributed by atoms with E-state index >= 15 is 0 Å². The fraction of sp³-hybridized carbons (Fsp3) is 0.0741. The van der Waals surface area contributed by atoms with E-state index in [0.717, 1.165) is 23.4 Å². The van der Waals surface area contributed by atoms with Gasteiger partial charge in [0.2, 0.25) is 5.78 Å². The van der Waals surface area contributed by atoms with Crippen molar-refractivity contribution in [2.24, 2.45) is 0 Å². The minimum absolute atomic E-state index is 0.105. The van der Waals surface area contributed by atoms with E-state index in [0.29, 0.717) is 23.0 Å². The maximum Gasteiger partial charge on any atom is 0.262 e. The van der Waals surface area contributed by atoms with Crippen LogP contribution in [0.15, 0.2) is 107 Å². The average molecular weight is 488 g/mol.